The predicted octanol–water partition coefficient (Wildman–Crippen LogP) is 1.19. The van der Waals surface area contributed by atoms with E-state index in [4.69, 9.17) is 5.73 Å². The third kappa shape index (κ3) is 2.97. The van der Waals surface area contributed by atoms with E-state index in [-0.39, 0.29) is 11.8 Å². The van der Waals surface area contributed by atoms with E-state index in [1.54, 1.807) is 17.1 Å². The molecule has 1 atom stereocenters. The molecule has 2 rings (SSSR count). The fourth-order valence-corrected chi connectivity index (χ4v) is 1.63. The van der Waals surface area contributed by atoms with Gasteiger partial charge in [-0.15, -0.1) is 5.10 Å². The van der Waals surface area contributed by atoms with Crippen molar-refractivity contribution in [3.8, 4) is 5.69 Å². The van der Waals surface area contributed by atoms with Gasteiger partial charge in [0.2, 0.25) is 5.91 Å². The van der Waals surface area contributed by atoms with Crippen molar-refractivity contribution in [1.82, 2.24) is 15.0 Å². The van der Waals surface area contributed by atoms with Gasteiger partial charge in [-0.3, -0.25) is 4.79 Å². The van der Waals surface area contributed by atoms with E-state index in [0.717, 1.165) is 5.69 Å². The Hall–Kier alpha value is -2.21. The van der Waals surface area contributed by atoms with Crippen LogP contribution in [0.5, 0.6) is 0 Å². The summed E-state index contributed by atoms with van der Waals surface area (Å²) in [4.78, 5) is 12.0. The van der Waals surface area contributed by atoms with Crippen molar-refractivity contribution in [2.24, 2.45) is 11.7 Å². The molecule has 0 fully saturated rings. The topological polar surface area (TPSA) is 85.8 Å². The highest BCUT2D eigenvalue weighted by molar-refractivity contribution is 5.96. The molecule has 0 radical (unpaired) electrons. The molecule has 0 aliphatic rings. The molecule has 0 spiro atoms. The number of carbonyl (C=O) groups excluding carboxylic acids is 1. The summed E-state index contributed by atoms with van der Waals surface area (Å²) in [5.41, 5.74) is 7.24. The number of anilines is 1. The number of nitrogens with zero attached hydrogens (tertiary/aromatic N) is 3. The zero-order chi connectivity index (χ0) is 13.8. The molecule has 100 valence electrons. The van der Waals surface area contributed by atoms with Crippen molar-refractivity contribution in [2.75, 3.05) is 5.32 Å². The summed E-state index contributed by atoms with van der Waals surface area (Å²) in [7, 11) is 0. The van der Waals surface area contributed by atoms with E-state index in [0.29, 0.717) is 5.69 Å². The van der Waals surface area contributed by atoms with Crippen LogP contribution in [0.3, 0.4) is 0 Å². The molecule has 1 heterocycles. The smallest absolute Gasteiger partial charge is 0.241 e. The standard InChI is InChI=1S/C13H17N5O/c1-9(2)12(14)13(19)16-10-5-3-4-6-11(10)18-8-7-15-17-18/h3-9,12H,14H2,1-2H3,(H,16,19)/t12-/m0/s1. The fourth-order valence-electron chi connectivity index (χ4n) is 1.63. The lowest BCUT2D eigenvalue weighted by Crippen LogP contribution is -2.39. The largest absolute Gasteiger partial charge is 0.323 e. The number of hydrogen-bond acceptors (Lipinski definition) is 4. The first-order valence-corrected chi connectivity index (χ1v) is 6.11. The van der Waals surface area contributed by atoms with Crippen molar-refractivity contribution in [3.05, 3.63) is 36.7 Å². The van der Waals surface area contributed by atoms with E-state index in [9.17, 15) is 4.79 Å². The SMILES string of the molecule is CC(C)[C@H](N)C(=O)Nc1ccccc1-n1ccnn1. The third-order valence-electron chi connectivity index (χ3n) is 2.85. The number of rotatable bonds is 4. The van der Waals surface area contributed by atoms with Gasteiger partial charge in [0.05, 0.1) is 29.8 Å². The first kappa shape index (κ1) is 13.2. The van der Waals surface area contributed by atoms with Gasteiger partial charge in [0.1, 0.15) is 0 Å². The minimum atomic E-state index is -0.538. The van der Waals surface area contributed by atoms with Crippen molar-refractivity contribution in [2.45, 2.75) is 19.9 Å². The van der Waals surface area contributed by atoms with Gasteiger partial charge in [-0.2, -0.15) is 0 Å². The molecule has 0 saturated carbocycles. The summed E-state index contributed by atoms with van der Waals surface area (Å²) in [6.07, 6.45) is 3.30. The van der Waals surface area contributed by atoms with Gasteiger partial charge in [-0.1, -0.05) is 31.2 Å². The first-order chi connectivity index (χ1) is 9.09. The van der Waals surface area contributed by atoms with Crippen molar-refractivity contribution in [1.29, 1.82) is 0 Å². The van der Waals surface area contributed by atoms with Crippen molar-refractivity contribution < 1.29 is 4.79 Å². The summed E-state index contributed by atoms with van der Waals surface area (Å²) < 4.78 is 1.59. The Labute approximate surface area is 111 Å². The first-order valence-electron chi connectivity index (χ1n) is 6.11. The molecule has 3 N–H and O–H groups in total. The molecule has 0 unspecified atom stereocenters. The van der Waals surface area contributed by atoms with Gasteiger partial charge in [0.15, 0.2) is 0 Å². The molecule has 19 heavy (non-hydrogen) atoms. The average molecular weight is 259 g/mol. The molecule has 1 aromatic carbocycles. The Morgan fingerprint density at radius 1 is 1.37 bits per heavy atom. The van der Waals surface area contributed by atoms with Gasteiger partial charge in [-0.25, -0.2) is 4.68 Å². The van der Waals surface area contributed by atoms with Crippen LogP contribution in [-0.4, -0.2) is 26.9 Å². The Morgan fingerprint density at radius 2 is 2.11 bits per heavy atom. The molecule has 0 saturated heterocycles. The van der Waals surface area contributed by atoms with Crippen LogP contribution in [0, 0.1) is 5.92 Å². The highest BCUT2D eigenvalue weighted by Crippen LogP contribution is 2.19. The molecule has 1 amide bonds. The quantitative estimate of drug-likeness (QED) is 0.863. The van der Waals surface area contributed by atoms with E-state index < -0.39 is 6.04 Å². The van der Waals surface area contributed by atoms with Crippen LogP contribution in [0.15, 0.2) is 36.7 Å². The summed E-state index contributed by atoms with van der Waals surface area (Å²) in [6, 6.07) is 6.84. The van der Waals surface area contributed by atoms with Crippen LogP contribution in [-0.2, 0) is 4.79 Å². The second-order valence-electron chi connectivity index (χ2n) is 4.62. The fraction of sp³-hybridized carbons (Fsp3) is 0.308. The zero-order valence-electron chi connectivity index (χ0n) is 10.9. The molecule has 6 nitrogen and oxygen atoms in total. The zero-order valence-corrected chi connectivity index (χ0v) is 10.9. The number of nitrogens with two attached hydrogens (primary N) is 1. The van der Waals surface area contributed by atoms with Gasteiger partial charge in [0.25, 0.3) is 0 Å². The van der Waals surface area contributed by atoms with Gasteiger partial charge in [-0.05, 0) is 18.1 Å². The summed E-state index contributed by atoms with van der Waals surface area (Å²) in [5, 5.41) is 10.5. The summed E-state index contributed by atoms with van der Waals surface area (Å²) in [5.74, 6) is -0.124. The molecule has 6 heteroatoms. The Bertz CT molecular complexity index is 550. The number of aromatic nitrogens is 3. The van der Waals surface area contributed by atoms with E-state index >= 15 is 0 Å². The molecule has 2 aromatic rings. The van der Waals surface area contributed by atoms with E-state index in [1.807, 2.05) is 38.1 Å². The van der Waals surface area contributed by atoms with Gasteiger partial charge >= 0.3 is 0 Å². The van der Waals surface area contributed by atoms with Crippen LogP contribution >= 0.6 is 0 Å². The number of nitrogens with one attached hydrogen (secondary N) is 1. The number of hydrogen-bond donors (Lipinski definition) is 2. The summed E-state index contributed by atoms with van der Waals surface area (Å²) in [6.45, 7) is 3.82. The molecular formula is C13H17N5O. The molecule has 1 aromatic heterocycles. The number of benzene rings is 1. The second kappa shape index (κ2) is 5.62. The minimum absolute atomic E-state index is 0.0820. The number of para-hydroxylation sites is 2. The molecule has 0 aliphatic carbocycles. The van der Waals surface area contributed by atoms with Gasteiger partial charge in [0, 0.05) is 0 Å². The maximum Gasteiger partial charge on any atom is 0.241 e. The number of carbonyl (C=O) groups is 1. The van der Waals surface area contributed by atoms with Crippen LogP contribution in [0.2, 0.25) is 0 Å². The summed E-state index contributed by atoms with van der Waals surface area (Å²) >= 11 is 0. The lowest BCUT2D eigenvalue weighted by molar-refractivity contribution is -0.118. The second-order valence-corrected chi connectivity index (χ2v) is 4.62. The van der Waals surface area contributed by atoms with Crippen LogP contribution in [0.25, 0.3) is 5.69 Å². The van der Waals surface area contributed by atoms with E-state index in [1.165, 1.54) is 0 Å². The maximum absolute atomic E-state index is 12.0. The molecular weight excluding hydrogens is 242 g/mol. The average Bonchev–Trinajstić information content (AvgIpc) is 2.92. The lowest BCUT2D eigenvalue weighted by Gasteiger charge is -2.17. The molecule has 0 bridgehead atoms. The predicted molar refractivity (Wildman–Crippen MR) is 72.8 cm³/mol. The highest BCUT2D eigenvalue weighted by Gasteiger charge is 2.18. The third-order valence-corrected chi connectivity index (χ3v) is 2.85. The Balaban J connectivity index is 2.24. The van der Waals surface area contributed by atoms with E-state index in [2.05, 4.69) is 15.6 Å². The number of amides is 1. The Kier molecular flexibility index (Phi) is 3.91. The van der Waals surface area contributed by atoms with Crippen molar-refractivity contribution >= 4 is 11.6 Å². The monoisotopic (exact) mass is 259 g/mol. The molecule has 0 aliphatic heterocycles. The Morgan fingerprint density at radius 3 is 2.74 bits per heavy atom. The van der Waals surface area contributed by atoms with Crippen LogP contribution < -0.4 is 11.1 Å². The van der Waals surface area contributed by atoms with Crippen molar-refractivity contribution in [3.63, 3.8) is 0 Å². The van der Waals surface area contributed by atoms with Gasteiger partial charge < -0.3 is 11.1 Å². The highest BCUT2D eigenvalue weighted by atomic mass is 16.2. The lowest BCUT2D eigenvalue weighted by atomic mass is 10.0. The normalized spacial score (nSPS) is 12.4. The minimum Gasteiger partial charge on any atom is -0.323 e. The van der Waals surface area contributed by atoms with Crippen LogP contribution in [0.4, 0.5) is 5.69 Å². The van der Waals surface area contributed by atoms with Crippen LogP contribution in [0.1, 0.15) is 13.8 Å². The maximum atomic E-state index is 12.0.